The summed E-state index contributed by atoms with van der Waals surface area (Å²) in [7, 11) is 0. The number of fused-ring (bicyclic) bond motifs is 1. The number of carbonyl (C=O) groups is 1. The molecule has 0 unspecified atom stereocenters. The summed E-state index contributed by atoms with van der Waals surface area (Å²) in [4.78, 5) is 22.8. The van der Waals surface area contributed by atoms with Crippen molar-refractivity contribution in [3.05, 3.63) is 45.6 Å². The topological polar surface area (TPSA) is 64.1 Å². The number of thiophene rings is 1. The highest BCUT2D eigenvalue weighted by Crippen LogP contribution is 2.35. The van der Waals surface area contributed by atoms with E-state index in [9.17, 15) is 4.79 Å². The molecule has 1 aromatic carbocycles. The van der Waals surface area contributed by atoms with Gasteiger partial charge >= 0.3 is 0 Å². The van der Waals surface area contributed by atoms with Gasteiger partial charge in [0.25, 0.3) is 5.91 Å². The fraction of sp³-hybridized carbons (Fsp3) is 0.316. The third-order valence-corrected chi connectivity index (χ3v) is 5.29. The summed E-state index contributed by atoms with van der Waals surface area (Å²) >= 11 is 1.36. The predicted octanol–water partition coefficient (Wildman–Crippen LogP) is 4.58. The zero-order valence-electron chi connectivity index (χ0n) is 15.1. The van der Waals surface area contributed by atoms with Crippen LogP contribution >= 0.6 is 11.3 Å². The number of rotatable bonds is 4. The number of carbonyl (C=O) groups excluding carboxylic acids is 1. The van der Waals surface area contributed by atoms with E-state index in [0.717, 1.165) is 32.6 Å². The summed E-state index contributed by atoms with van der Waals surface area (Å²) in [5, 5.41) is 3.87. The van der Waals surface area contributed by atoms with Gasteiger partial charge in [-0.2, -0.15) is 0 Å². The molecule has 0 fully saturated rings. The Labute approximate surface area is 151 Å². The average molecular weight is 355 g/mol. The van der Waals surface area contributed by atoms with Gasteiger partial charge in [-0.05, 0) is 51.3 Å². The van der Waals surface area contributed by atoms with Crippen molar-refractivity contribution in [1.29, 1.82) is 0 Å². The first-order valence-electron chi connectivity index (χ1n) is 8.18. The summed E-state index contributed by atoms with van der Waals surface area (Å²) in [6.07, 6.45) is 1.47. The van der Waals surface area contributed by atoms with Crippen molar-refractivity contribution in [2.75, 3.05) is 11.9 Å². The Morgan fingerprint density at radius 3 is 2.48 bits per heavy atom. The van der Waals surface area contributed by atoms with Crippen LogP contribution in [0.15, 0.2) is 18.5 Å². The minimum atomic E-state index is -0.127. The molecule has 6 heteroatoms. The van der Waals surface area contributed by atoms with E-state index in [1.807, 2.05) is 27.7 Å². The molecule has 0 saturated carbocycles. The van der Waals surface area contributed by atoms with Gasteiger partial charge in [0, 0.05) is 5.69 Å². The van der Waals surface area contributed by atoms with Gasteiger partial charge in [-0.3, -0.25) is 4.79 Å². The Kier molecular flexibility index (Phi) is 4.72. The highest BCUT2D eigenvalue weighted by molar-refractivity contribution is 7.20. The maximum Gasteiger partial charge on any atom is 0.266 e. The average Bonchev–Trinajstić information content (AvgIpc) is 2.89. The molecule has 2 aromatic heterocycles. The zero-order valence-corrected chi connectivity index (χ0v) is 15.9. The van der Waals surface area contributed by atoms with Crippen molar-refractivity contribution in [3.8, 4) is 5.88 Å². The molecular weight excluding hydrogens is 334 g/mol. The van der Waals surface area contributed by atoms with Gasteiger partial charge in [0.15, 0.2) is 0 Å². The number of anilines is 1. The number of amides is 1. The maximum absolute atomic E-state index is 12.9. The lowest BCUT2D eigenvalue weighted by Crippen LogP contribution is -2.13. The molecule has 0 bridgehead atoms. The van der Waals surface area contributed by atoms with E-state index in [4.69, 9.17) is 4.74 Å². The summed E-state index contributed by atoms with van der Waals surface area (Å²) in [5.74, 6) is 0.404. The van der Waals surface area contributed by atoms with Crippen molar-refractivity contribution in [3.63, 3.8) is 0 Å². The summed E-state index contributed by atoms with van der Waals surface area (Å²) in [5.41, 5.74) is 5.01. The van der Waals surface area contributed by atoms with Gasteiger partial charge in [-0.25, -0.2) is 9.97 Å². The van der Waals surface area contributed by atoms with Gasteiger partial charge in [-0.15, -0.1) is 11.3 Å². The molecule has 0 radical (unpaired) electrons. The second-order valence-electron chi connectivity index (χ2n) is 6.08. The SMILES string of the molecule is CCOc1ncnc2sc(C(=O)Nc3c(C)cc(C)cc3C)c(C)c12. The maximum atomic E-state index is 12.9. The molecule has 0 aliphatic rings. The Balaban J connectivity index is 2.01. The van der Waals surface area contributed by atoms with E-state index >= 15 is 0 Å². The van der Waals surface area contributed by atoms with Gasteiger partial charge in [-0.1, -0.05) is 17.7 Å². The van der Waals surface area contributed by atoms with Crippen LogP contribution in [-0.4, -0.2) is 22.5 Å². The van der Waals surface area contributed by atoms with Crippen LogP contribution < -0.4 is 10.1 Å². The standard InChI is InChI=1S/C19H21N3O2S/c1-6-24-18-14-13(5)16(25-19(14)21-9-20-18)17(23)22-15-11(3)7-10(2)8-12(15)4/h7-9H,6H2,1-5H3,(H,22,23). The van der Waals surface area contributed by atoms with Gasteiger partial charge in [0.1, 0.15) is 11.2 Å². The number of ether oxygens (including phenoxy) is 1. The molecule has 0 atom stereocenters. The van der Waals surface area contributed by atoms with Crippen LogP contribution in [0.3, 0.4) is 0 Å². The zero-order chi connectivity index (χ0) is 18.1. The van der Waals surface area contributed by atoms with Crippen molar-refractivity contribution in [2.45, 2.75) is 34.6 Å². The molecule has 5 nitrogen and oxygen atoms in total. The Bertz CT molecular complexity index is 940. The number of aryl methyl sites for hydroxylation is 4. The molecule has 3 aromatic rings. The Morgan fingerprint density at radius 1 is 1.16 bits per heavy atom. The molecule has 0 aliphatic heterocycles. The largest absolute Gasteiger partial charge is 0.477 e. The first-order valence-corrected chi connectivity index (χ1v) is 9.00. The monoisotopic (exact) mass is 355 g/mol. The Morgan fingerprint density at radius 2 is 1.84 bits per heavy atom. The first-order chi connectivity index (χ1) is 11.9. The number of benzene rings is 1. The van der Waals surface area contributed by atoms with Gasteiger partial charge < -0.3 is 10.1 Å². The fourth-order valence-electron chi connectivity index (χ4n) is 3.05. The molecule has 0 aliphatic carbocycles. The summed E-state index contributed by atoms with van der Waals surface area (Å²) in [6.45, 7) is 10.4. The minimum absolute atomic E-state index is 0.127. The molecule has 130 valence electrons. The second kappa shape index (κ2) is 6.80. The highest BCUT2D eigenvalue weighted by Gasteiger charge is 2.21. The van der Waals surface area contributed by atoms with Crippen LogP contribution in [0.2, 0.25) is 0 Å². The number of hydrogen-bond donors (Lipinski definition) is 1. The molecule has 0 spiro atoms. The van der Waals surface area contributed by atoms with Crippen molar-refractivity contribution < 1.29 is 9.53 Å². The Hall–Kier alpha value is -2.47. The van der Waals surface area contributed by atoms with Crippen molar-refractivity contribution in [1.82, 2.24) is 9.97 Å². The van der Waals surface area contributed by atoms with Crippen LogP contribution in [0.5, 0.6) is 5.88 Å². The third-order valence-electron chi connectivity index (χ3n) is 4.09. The van der Waals surface area contributed by atoms with Crippen LogP contribution in [0, 0.1) is 27.7 Å². The first kappa shape index (κ1) is 17.4. The van der Waals surface area contributed by atoms with E-state index in [1.165, 1.54) is 23.2 Å². The van der Waals surface area contributed by atoms with E-state index in [0.29, 0.717) is 17.4 Å². The van der Waals surface area contributed by atoms with E-state index in [-0.39, 0.29) is 5.91 Å². The van der Waals surface area contributed by atoms with Crippen LogP contribution in [0.4, 0.5) is 5.69 Å². The van der Waals surface area contributed by atoms with E-state index in [1.54, 1.807) is 0 Å². The summed E-state index contributed by atoms with van der Waals surface area (Å²) in [6, 6.07) is 4.14. The highest BCUT2D eigenvalue weighted by atomic mass is 32.1. The molecule has 1 amide bonds. The fourth-order valence-corrected chi connectivity index (χ4v) is 4.08. The molecule has 0 saturated heterocycles. The van der Waals surface area contributed by atoms with Crippen molar-refractivity contribution >= 4 is 33.1 Å². The molecule has 3 rings (SSSR count). The molecule has 1 N–H and O–H groups in total. The summed E-state index contributed by atoms with van der Waals surface area (Å²) < 4.78 is 5.59. The van der Waals surface area contributed by atoms with Crippen LogP contribution in [0.1, 0.15) is 38.8 Å². The lowest BCUT2D eigenvalue weighted by Gasteiger charge is -2.12. The quantitative estimate of drug-likeness (QED) is 0.744. The molecular formula is C19H21N3O2S. The number of nitrogens with one attached hydrogen (secondary N) is 1. The number of aromatic nitrogens is 2. The van der Waals surface area contributed by atoms with Crippen molar-refractivity contribution in [2.24, 2.45) is 0 Å². The molecule has 2 heterocycles. The normalized spacial score (nSPS) is 10.9. The van der Waals surface area contributed by atoms with Gasteiger partial charge in [0.2, 0.25) is 5.88 Å². The van der Waals surface area contributed by atoms with Gasteiger partial charge in [0.05, 0.1) is 16.9 Å². The number of nitrogens with zero attached hydrogens (tertiary/aromatic N) is 2. The van der Waals surface area contributed by atoms with Crippen LogP contribution in [0.25, 0.3) is 10.2 Å². The van der Waals surface area contributed by atoms with Crippen LogP contribution in [-0.2, 0) is 0 Å². The lowest BCUT2D eigenvalue weighted by molar-refractivity contribution is 0.103. The third kappa shape index (κ3) is 3.22. The second-order valence-corrected chi connectivity index (χ2v) is 7.08. The molecule has 25 heavy (non-hydrogen) atoms. The van der Waals surface area contributed by atoms with E-state index in [2.05, 4.69) is 34.3 Å². The smallest absolute Gasteiger partial charge is 0.266 e. The minimum Gasteiger partial charge on any atom is -0.477 e. The predicted molar refractivity (Wildman–Crippen MR) is 102 cm³/mol. The lowest BCUT2D eigenvalue weighted by atomic mass is 10.0. The van der Waals surface area contributed by atoms with E-state index < -0.39 is 0 Å². The number of hydrogen-bond acceptors (Lipinski definition) is 5.